The minimum atomic E-state index is -0.454. The van der Waals surface area contributed by atoms with Gasteiger partial charge in [-0.05, 0) is 30.7 Å². The number of nitrogens with zero attached hydrogens (tertiary/aromatic N) is 1. The number of thiophene rings is 1. The highest BCUT2D eigenvalue weighted by Gasteiger charge is 2.37. The van der Waals surface area contributed by atoms with Crippen molar-refractivity contribution in [1.29, 1.82) is 0 Å². The number of carbonyl (C=O) groups excluding carboxylic acids is 2. The van der Waals surface area contributed by atoms with E-state index in [0.717, 1.165) is 19.3 Å². The van der Waals surface area contributed by atoms with Crippen molar-refractivity contribution < 1.29 is 14.7 Å². The summed E-state index contributed by atoms with van der Waals surface area (Å²) in [4.78, 5) is 25.9. The maximum Gasteiger partial charge on any atom is 0.264 e. The van der Waals surface area contributed by atoms with Crippen LogP contribution in [0.2, 0.25) is 0 Å². The third kappa shape index (κ3) is 3.13. The standard InChI is InChI=1S/C13H18N2O3S/c1-15(12(18)10-4-2-7-19-10)8-11(17)14-13(9-16)5-3-6-13/h2,4,7,16H,3,5-6,8-9H2,1H3,(H,14,17). The van der Waals surface area contributed by atoms with E-state index in [9.17, 15) is 14.7 Å². The van der Waals surface area contributed by atoms with Crippen LogP contribution < -0.4 is 5.32 Å². The zero-order valence-electron chi connectivity index (χ0n) is 10.9. The fourth-order valence-electron chi connectivity index (χ4n) is 2.14. The molecule has 0 atom stereocenters. The Morgan fingerprint density at radius 2 is 2.26 bits per heavy atom. The summed E-state index contributed by atoms with van der Waals surface area (Å²) in [6.07, 6.45) is 2.63. The average Bonchev–Trinajstić information content (AvgIpc) is 2.86. The Morgan fingerprint density at radius 1 is 1.53 bits per heavy atom. The number of aliphatic hydroxyl groups excluding tert-OH is 1. The summed E-state index contributed by atoms with van der Waals surface area (Å²) in [6, 6.07) is 3.55. The first kappa shape index (κ1) is 14.0. The van der Waals surface area contributed by atoms with E-state index in [2.05, 4.69) is 5.32 Å². The Hall–Kier alpha value is -1.40. The van der Waals surface area contributed by atoms with Gasteiger partial charge in [-0.3, -0.25) is 9.59 Å². The van der Waals surface area contributed by atoms with Crippen LogP contribution in [0.5, 0.6) is 0 Å². The highest BCUT2D eigenvalue weighted by Crippen LogP contribution is 2.31. The second-order valence-corrected chi connectivity index (χ2v) is 5.93. The SMILES string of the molecule is CN(CC(=O)NC1(CO)CCC1)C(=O)c1cccs1. The number of hydrogen-bond donors (Lipinski definition) is 2. The first-order valence-corrected chi connectivity index (χ1v) is 7.15. The van der Waals surface area contributed by atoms with Crippen molar-refractivity contribution in [3.63, 3.8) is 0 Å². The van der Waals surface area contributed by atoms with Gasteiger partial charge in [-0.2, -0.15) is 0 Å². The molecule has 0 saturated heterocycles. The van der Waals surface area contributed by atoms with Crippen molar-refractivity contribution in [2.75, 3.05) is 20.2 Å². The molecule has 0 aliphatic heterocycles. The van der Waals surface area contributed by atoms with Gasteiger partial charge in [0.2, 0.25) is 5.91 Å². The van der Waals surface area contributed by atoms with E-state index in [1.807, 2.05) is 5.38 Å². The van der Waals surface area contributed by atoms with Crippen LogP contribution in [0.15, 0.2) is 17.5 Å². The third-order valence-electron chi connectivity index (χ3n) is 3.48. The van der Waals surface area contributed by atoms with Gasteiger partial charge in [-0.1, -0.05) is 6.07 Å². The summed E-state index contributed by atoms with van der Waals surface area (Å²) in [6.45, 7) is -0.0280. The fourth-order valence-corrected chi connectivity index (χ4v) is 2.85. The molecule has 0 spiro atoms. The molecule has 6 heteroatoms. The van der Waals surface area contributed by atoms with Gasteiger partial charge in [0, 0.05) is 7.05 Å². The molecule has 2 N–H and O–H groups in total. The predicted octanol–water partition coefficient (Wildman–Crippen LogP) is 0.851. The molecule has 0 bridgehead atoms. The molecule has 2 rings (SSSR count). The van der Waals surface area contributed by atoms with Crippen LogP contribution in [0.3, 0.4) is 0 Å². The quantitative estimate of drug-likeness (QED) is 0.841. The van der Waals surface area contributed by atoms with Crippen molar-refractivity contribution in [2.45, 2.75) is 24.8 Å². The van der Waals surface area contributed by atoms with Gasteiger partial charge in [-0.25, -0.2) is 0 Å². The molecule has 0 radical (unpaired) electrons. The zero-order valence-corrected chi connectivity index (χ0v) is 11.7. The molecular weight excluding hydrogens is 264 g/mol. The first-order valence-electron chi connectivity index (χ1n) is 6.27. The Balaban J connectivity index is 1.86. The van der Waals surface area contributed by atoms with Crippen molar-refractivity contribution in [2.24, 2.45) is 0 Å². The highest BCUT2D eigenvalue weighted by atomic mass is 32.1. The largest absolute Gasteiger partial charge is 0.394 e. The van der Waals surface area contributed by atoms with Crippen molar-refractivity contribution in [1.82, 2.24) is 10.2 Å². The maximum absolute atomic E-state index is 12.0. The average molecular weight is 282 g/mol. The molecule has 1 aromatic rings. The van der Waals surface area contributed by atoms with E-state index in [4.69, 9.17) is 0 Å². The number of likely N-dealkylation sites (N-methyl/N-ethyl adjacent to an activating group) is 1. The molecule has 19 heavy (non-hydrogen) atoms. The molecule has 1 saturated carbocycles. The molecule has 0 unspecified atom stereocenters. The lowest BCUT2D eigenvalue weighted by atomic mass is 9.77. The smallest absolute Gasteiger partial charge is 0.264 e. The van der Waals surface area contributed by atoms with Crippen molar-refractivity contribution in [3.05, 3.63) is 22.4 Å². The Kier molecular flexibility index (Phi) is 4.21. The fraction of sp³-hybridized carbons (Fsp3) is 0.538. The van der Waals surface area contributed by atoms with Crippen molar-refractivity contribution in [3.8, 4) is 0 Å². The van der Waals surface area contributed by atoms with E-state index >= 15 is 0 Å². The van der Waals surface area contributed by atoms with E-state index in [1.165, 1.54) is 16.2 Å². The summed E-state index contributed by atoms with van der Waals surface area (Å²) in [7, 11) is 1.61. The van der Waals surface area contributed by atoms with Crippen LogP contribution in [-0.4, -0.2) is 47.6 Å². The summed E-state index contributed by atoms with van der Waals surface area (Å²) in [5.74, 6) is -0.377. The number of carbonyl (C=O) groups is 2. The van der Waals surface area contributed by atoms with Crippen LogP contribution in [0.25, 0.3) is 0 Å². The number of nitrogens with one attached hydrogen (secondary N) is 1. The Morgan fingerprint density at radius 3 is 2.74 bits per heavy atom. The van der Waals surface area contributed by atoms with Gasteiger partial charge in [0.15, 0.2) is 0 Å². The van der Waals surface area contributed by atoms with Gasteiger partial charge in [0.1, 0.15) is 0 Å². The Labute approximate surface area is 116 Å². The minimum Gasteiger partial charge on any atom is -0.394 e. The molecule has 1 fully saturated rings. The number of amides is 2. The van der Waals surface area contributed by atoms with Gasteiger partial charge in [0.25, 0.3) is 5.91 Å². The Bertz CT molecular complexity index is 449. The zero-order chi connectivity index (χ0) is 13.9. The molecule has 0 aromatic carbocycles. The first-order chi connectivity index (χ1) is 9.06. The lowest BCUT2D eigenvalue weighted by Crippen LogP contribution is -2.58. The van der Waals surface area contributed by atoms with Crippen LogP contribution in [0.4, 0.5) is 0 Å². The summed E-state index contributed by atoms with van der Waals surface area (Å²) >= 11 is 1.36. The van der Waals surface area contributed by atoms with E-state index in [-0.39, 0.29) is 25.0 Å². The molecule has 5 nitrogen and oxygen atoms in total. The van der Waals surface area contributed by atoms with Crippen LogP contribution >= 0.6 is 11.3 Å². The molecular formula is C13H18N2O3S. The number of aliphatic hydroxyl groups is 1. The van der Waals surface area contributed by atoms with Gasteiger partial charge < -0.3 is 15.3 Å². The molecule has 1 heterocycles. The normalized spacial score (nSPS) is 16.5. The second-order valence-electron chi connectivity index (χ2n) is 4.98. The summed E-state index contributed by atoms with van der Waals surface area (Å²) < 4.78 is 0. The van der Waals surface area contributed by atoms with Crippen LogP contribution in [0.1, 0.15) is 28.9 Å². The topological polar surface area (TPSA) is 69.6 Å². The summed E-state index contributed by atoms with van der Waals surface area (Å²) in [5.41, 5.74) is -0.454. The molecule has 104 valence electrons. The number of hydrogen-bond acceptors (Lipinski definition) is 4. The number of rotatable bonds is 5. The second kappa shape index (κ2) is 5.71. The third-order valence-corrected chi connectivity index (χ3v) is 4.34. The molecule has 1 aliphatic carbocycles. The highest BCUT2D eigenvalue weighted by molar-refractivity contribution is 7.12. The van der Waals surface area contributed by atoms with Crippen LogP contribution in [-0.2, 0) is 4.79 Å². The minimum absolute atomic E-state index is 0.0124. The molecule has 1 aliphatic rings. The van der Waals surface area contributed by atoms with E-state index in [0.29, 0.717) is 4.88 Å². The van der Waals surface area contributed by atoms with Gasteiger partial charge >= 0.3 is 0 Å². The molecule has 1 aromatic heterocycles. The van der Waals surface area contributed by atoms with Crippen LogP contribution in [0, 0.1) is 0 Å². The maximum atomic E-state index is 12.0. The summed E-state index contributed by atoms with van der Waals surface area (Å²) in [5, 5.41) is 13.9. The van der Waals surface area contributed by atoms with E-state index in [1.54, 1.807) is 19.2 Å². The lowest BCUT2D eigenvalue weighted by Gasteiger charge is -2.41. The van der Waals surface area contributed by atoms with Gasteiger partial charge in [-0.15, -0.1) is 11.3 Å². The monoisotopic (exact) mass is 282 g/mol. The van der Waals surface area contributed by atoms with Crippen molar-refractivity contribution >= 4 is 23.2 Å². The lowest BCUT2D eigenvalue weighted by molar-refractivity contribution is -0.125. The predicted molar refractivity (Wildman–Crippen MR) is 73.1 cm³/mol. The van der Waals surface area contributed by atoms with E-state index < -0.39 is 5.54 Å². The van der Waals surface area contributed by atoms with Gasteiger partial charge in [0.05, 0.1) is 23.6 Å². The molecule has 2 amide bonds.